The van der Waals surface area contributed by atoms with Crippen LogP contribution in [-0.4, -0.2) is 37.2 Å². The van der Waals surface area contributed by atoms with Gasteiger partial charge in [0, 0.05) is 25.2 Å². The van der Waals surface area contributed by atoms with Gasteiger partial charge in [-0.25, -0.2) is 0 Å². The molecule has 0 amide bonds. The normalized spacial score (nSPS) is 30.2. The molecule has 3 atom stereocenters. The lowest BCUT2D eigenvalue weighted by Gasteiger charge is -2.39. The standard InChI is InChI=1S/C17H26N2O/c1-19(12-14-7-4-5-11-20-14)16-10-9-13-6-2-3-8-15(13)17(16)18/h2-3,6,8,14,16-17H,4-5,7,9-12,18H2,1H3. The van der Waals surface area contributed by atoms with Gasteiger partial charge in [0.15, 0.2) is 0 Å². The predicted octanol–water partition coefficient (Wildman–Crippen LogP) is 2.50. The number of rotatable bonds is 3. The molecule has 3 unspecified atom stereocenters. The number of likely N-dealkylation sites (N-methyl/N-ethyl adjacent to an activating group) is 1. The fourth-order valence-corrected chi connectivity index (χ4v) is 3.68. The van der Waals surface area contributed by atoms with Crippen LogP contribution in [0.4, 0.5) is 0 Å². The van der Waals surface area contributed by atoms with Crippen LogP contribution in [0, 0.1) is 0 Å². The van der Waals surface area contributed by atoms with E-state index >= 15 is 0 Å². The van der Waals surface area contributed by atoms with Gasteiger partial charge in [-0.05, 0) is 50.3 Å². The summed E-state index contributed by atoms with van der Waals surface area (Å²) in [6.45, 7) is 1.94. The zero-order valence-corrected chi connectivity index (χ0v) is 12.4. The average molecular weight is 274 g/mol. The lowest BCUT2D eigenvalue weighted by Crippen LogP contribution is -2.46. The summed E-state index contributed by atoms with van der Waals surface area (Å²) in [4.78, 5) is 2.43. The number of nitrogens with zero attached hydrogens (tertiary/aromatic N) is 1. The van der Waals surface area contributed by atoms with Crippen molar-refractivity contribution >= 4 is 0 Å². The SMILES string of the molecule is CN(CC1CCCCO1)C1CCc2ccccc2C1N. The highest BCUT2D eigenvalue weighted by molar-refractivity contribution is 5.33. The van der Waals surface area contributed by atoms with E-state index < -0.39 is 0 Å². The summed E-state index contributed by atoms with van der Waals surface area (Å²) in [5.74, 6) is 0. The van der Waals surface area contributed by atoms with Gasteiger partial charge in [-0.3, -0.25) is 4.90 Å². The molecule has 0 bridgehead atoms. The molecule has 3 rings (SSSR count). The molecule has 1 aliphatic carbocycles. The predicted molar refractivity (Wildman–Crippen MR) is 81.7 cm³/mol. The minimum Gasteiger partial charge on any atom is -0.377 e. The van der Waals surface area contributed by atoms with Crippen LogP contribution in [0.2, 0.25) is 0 Å². The lowest BCUT2D eigenvalue weighted by molar-refractivity contribution is -0.0113. The van der Waals surface area contributed by atoms with Crippen LogP contribution in [0.3, 0.4) is 0 Å². The largest absolute Gasteiger partial charge is 0.377 e. The first-order valence-electron chi connectivity index (χ1n) is 7.91. The minimum absolute atomic E-state index is 0.133. The smallest absolute Gasteiger partial charge is 0.0702 e. The van der Waals surface area contributed by atoms with Crippen molar-refractivity contribution in [1.82, 2.24) is 4.90 Å². The number of fused-ring (bicyclic) bond motifs is 1. The maximum Gasteiger partial charge on any atom is 0.0702 e. The monoisotopic (exact) mass is 274 g/mol. The van der Waals surface area contributed by atoms with Crippen molar-refractivity contribution in [2.75, 3.05) is 20.2 Å². The Bertz CT molecular complexity index is 442. The highest BCUT2D eigenvalue weighted by Crippen LogP contribution is 2.31. The van der Waals surface area contributed by atoms with Crippen molar-refractivity contribution in [3.8, 4) is 0 Å². The van der Waals surface area contributed by atoms with Crippen LogP contribution in [0.15, 0.2) is 24.3 Å². The van der Waals surface area contributed by atoms with E-state index in [-0.39, 0.29) is 6.04 Å². The molecular weight excluding hydrogens is 248 g/mol. The van der Waals surface area contributed by atoms with Gasteiger partial charge in [0.25, 0.3) is 0 Å². The van der Waals surface area contributed by atoms with Crippen molar-refractivity contribution in [2.45, 2.75) is 50.3 Å². The molecule has 1 saturated heterocycles. The molecule has 20 heavy (non-hydrogen) atoms. The Labute approximate surface area is 122 Å². The van der Waals surface area contributed by atoms with Gasteiger partial charge >= 0.3 is 0 Å². The highest BCUT2D eigenvalue weighted by Gasteiger charge is 2.30. The Kier molecular flexibility index (Phi) is 4.39. The summed E-state index contributed by atoms with van der Waals surface area (Å²) >= 11 is 0. The van der Waals surface area contributed by atoms with E-state index in [1.54, 1.807) is 0 Å². The van der Waals surface area contributed by atoms with Gasteiger partial charge in [0.1, 0.15) is 0 Å². The first-order chi connectivity index (χ1) is 9.75. The number of benzene rings is 1. The molecule has 1 heterocycles. The topological polar surface area (TPSA) is 38.5 Å². The maximum atomic E-state index is 6.51. The molecule has 1 aromatic rings. The van der Waals surface area contributed by atoms with Gasteiger partial charge in [-0.15, -0.1) is 0 Å². The average Bonchev–Trinajstić information content (AvgIpc) is 2.49. The molecule has 0 aromatic heterocycles. The van der Waals surface area contributed by atoms with Crippen molar-refractivity contribution < 1.29 is 4.74 Å². The molecule has 1 aromatic carbocycles. The molecule has 0 saturated carbocycles. The third-order valence-corrected chi connectivity index (χ3v) is 4.87. The second-order valence-corrected chi connectivity index (χ2v) is 6.26. The number of hydrogen-bond donors (Lipinski definition) is 1. The molecule has 0 radical (unpaired) electrons. The first-order valence-corrected chi connectivity index (χ1v) is 7.91. The minimum atomic E-state index is 0.133. The van der Waals surface area contributed by atoms with Gasteiger partial charge in [0.2, 0.25) is 0 Å². The Morgan fingerprint density at radius 3 is 2.90 bits per heavy atom. The fourth-order valence-electron chi connectivity index (χ4n) is 3.68. The molecule has 0 spiro atoms. The van der Waals surface area contributed by atoms with Crippen molar-refractivity contribution in [1.29, 1.82) is 0 Å². The number of hydrogen-bond acceptors (Lipinski definition) is 3. The fraction of sp³-hybridized carbons (Fsp3) is 0.647. The van der Waals surface area contributed by atoms with Crippen molar-refractivity contribution in [3.63, 3.8) is 0 Å². The van der Waals surface area contributed by atoms with Gasteiger partial charge in [-0.2, -0.15) is 0 Å². The van der Waals surface area contributed by atoms with E-state index in [1.165, 1.54) is 30.4 Å². The second kappa shape index (κ2) is 6.25. The molecule has 2 aliphatic rings. The lowest BCUT2D eigenvalue weighted by atomic mass is 9.84. The van der Waals surface area contributed by atoms with E-state index in [0.717, 1.165) is 26.0 Å². The summed E-state index contributed by atoms with van der Waals surface area (Å²) < 4.78 is 5.86. The Morgan fingerprint density at radius 2 is 2.10 bits per heavy atom. The molecule has 1 fully saturated rings. The summed E-state index contributed by atoms with van der Waals surface area (Å²) in [6.07, 6.45) is 6.42. The summed E-state index contributed by atoms with van der Waals surface area (Å²) in [6, 6.07) is 9.20. The first kappa shape index (κ1) is 14.1. The third kappa shape index (κ3) is 2.90. The Hall–Kier alpha value is -0.900. The third-order valence-electron chi connectivity index (χ3n) is 4.87. The number of aryl methyl sites for hydroxylation is 1. The molecule has 3 heteroatoms. The van der Waals surface area contributed by atoms with Crippen molar-refractivity contribution in [3.05, 3.63) is 35.4 Å². The van der Waals surface area contributed by atoms with Crippen molar-refractivity contribution in [2.24, 2.45) is 5.73 Å². The zero-order chi connectivity index (χ0) is 13.9. The van der Waals surface area contributed by atoms with E-state index in [1.807, 2.05) is 0 Å². The second-order valence-electron chi connectivity index (χ2n) is 6.26. The maximum absolute atomic E-state index is 6.51. The quantitative estimate of drug-likeness (QED) is 0.920. The zero-order valence-electron chi connectivity index (χ0n) is 12.4. The molecule has 1 aliphatic heterocycles. The van der Waals surface area contributed by atoms with E-state index in [0.29, 0.717) is 12.1 Å². The van der Waals surface area contributed by atoms with Crippen LogP contribution in [-0.2, 0) is 11.2 Å². The van der Waals surface area contributed by atoms with E-state index in [4.69, 9.17) is 10.5 Å². The van der Waals surface area contributed by atoms with E-state index in [9.17, 15) is 0 Å². The van der Waals surface area contributed by atoms with Crippen LogP contribution in [0.5, 0.6) is 0 Å². The molecule has 2 N–H and O–H groups in total. The van der Waals surface area contributed by atoms with Crippen LogP contribution in [0.25, 0.3) is 0 Å². The molecular formula is C17H26N2O. The highest BCUT2D eigenvalue weighted by atomic mass is 16.5. The Morgan fingerprint density at radius 1 is 1.25 bits per heavy atom. The molecule has 3 nitrogen and oxygen atoms in total. The van der Waals surface area contributed by atoms with Gasteiger partial charge in [-0.1, -0.05) is 24.3 Å². The van der Waals surface area contributed by atoms with Gasteiger partial charge < -0.3 is 10.5 Å². The summed E-state index contributed by atoms with van der Waals surface area (Å²) in [7, 11) is 2.20. The van der Waals surface area contributed by atoms with Crippen LogP contribution < -0.4 is 5.73 Å². The van der Waals surface area contributed by atoms with Crippen LogP contribution in [0.1, 0.15) is 42.9 Å². The molecule has 110 valence electrons. The number of nitrogens with two attached hydrogens (primary N) is 1. The van der Waals surface area contributed by atoms with Gasteiger partial charge in [0.05, 0.1) is 6.10 Å². The van der Waals surface area contributed by atoms with Crippen LogP contribution >= 0.6 is 0 Å². The number of ether oxygens (including phenoxy) is 1. The van der Waals surface area contributed by atoms with E-state index in [2.05, 4.69) is 36.2 Å². The Balaban J connectivity index is 1.65. The summed E-state index contributed by atoms with van der Waals surface area (Å²) in [5, 5.41) is 0. The summed E-state index contributed by atoms with van der Waals surface area (Å²) in [5.41, 5.74) is 9.28.